The van der Waals surface area contributed by atoms with Gasteiger partial charge in [-0.05, 0) is 20.3 Å². The molecule has 0 aliphatic heterocycles. The predicted octanol–water partition coefficient (Wildman–Crippen LogP) is 2.31. The standard InChI is InChI=1S/C6H14BrO4P/c1-3-10-12(8,9)11-6(2)4-5-7/h6H,3-5H2,1-2H3,(H,8,9). The predicted molar refractivity (Wildman–Crippen MR) is 50.4 cm³/mol. The lowest BCUT2D eigenvalue weighted by molar-refractivity contribution is 0.115. The van der Waals surface area contributed by atoms with Crippen LogP contribution in [0.4, 0.5) is 0 Å². The maximum Gasteiger partial charge on any atom is 0.472 e. The first-order chi connectivity index (χ1) is 5.52. The first-order valence-corrected chi connectivity index (χ1v) is 6.35. The SMILES string of the molecule is CCOP(=O)(O)OC(C)CCBr. The Balaban J connectivity index is 3.79. The second kappa shape index (κ2) is 6.11. The average Bonchev–Trinajstić information content (AvgIpc) is 1.85. The molecular weight excluding hydrogens is 247 g/mol. The molecule has 0 amide bonds. The summed E-state index contributed by atoms with van der Waals surface area (Å²) in [6, 6.07) is 0. The number of alkyl halides is 1. The lowest BCUT2D eigenvalue weighted by Crippen LogP contribution is -2.08. The van der Waals surface area contributed by atoms with E-state index in [-0.39, 0.29) is 12.7 Å². The summed E-state index contributed by atoms with van der Waals surface area (Å²) < 4.78 is 20.3. The van der Waals surface area contributed by atoms with Crippen LogP contribution in [0.2, 0.25) is 0 Å². The Bertz CT molecular complexity index is 164. The quantitative estimate of drug-likeness (QED) is 0.588. The van der Waals surface area contributed by atoms with E-state index in [0.717, 1.165) is 5.33 Å². The second-order valence-corrected chi connectivity index (χ2v) is 4.48. The molecule has 0 saturated heterocycles. The molecule has 6 heteroatoms. The Morgan fingerprint density at radius 1 is 1.67 bits per heavy atom. The van der Waals surface area contributed by atoms with Crippen LogP contribution in [-0.4, -0.2) is 22.9 Å². The molecule has 0 aromatic carbocycles. The van der Waals surface area contributed by atoms with Crippen LogP contribution in [0.25, 0.3) is 0 Å². The van der Waals surface area contributed by atoms with Crippen molar-refractivity contribution in [1.82, 2.24) is 0 Å². The van der Waals surface area contributed by atoms with Crippen molar-refractivity contribution >= 4 is 23.8 Å². The van der Waals surface area contributed by atoms with Gasteiger partial charge in [-0.15, -0.1) is 0 Å². The molecule has 2 atom stereocenters. The zero-order chi connectivity index (χ0) is 9.61. The molecule has 74 valence electrons. The summed E-state index contributed by atoms with van der Waals surface area (Å²) in [5, 5.41) is 0.736. The van der Waals surface area contributed by atoms with Crippen LogP contribution in [0.15, 0.2) is 0 Å². The van der Waals surface area contributed by atoms with Gasteiger partial charge >= 0.3 is 7.82 Å². The molecule has 0 fully saturated rings. The molecule has 0 aliphatic carbocycles. The summed E-state index contributed by atoms with van der Waals surface area (Å²) in [6.45, 7) is 3.54. The third-order valence-electron chi connectivity index (χ3n) is 1.12. The highest BCUT2D eigenvalue weighted by Crippen LogP contribution is 2.44. The lowest BCUT2D eigenvalue weighted by atomic mass is 10.3. The van der Waals surface area contributed by atoms with Gasteiger partial charge in [-0.2, -0.15) is 0 Å². The topological polar surface area (TPSA) is 55.8 Å². The maximum absolute atomic E-state index is 11.0. The maximum atomic E-state index is 11.0. The van der Waals surface area contributed by atoms with Gasteiger partial charge in [-0.3, -0.25) is 9.05 Å². The molecule has 1 N–H and O–H groups in total. The van der Waals surface area contributed by atoms with Gasteiger partial charge < -0.3 is 4.89 Å². The number of phosphoric acid groups is 1. The summed E-state index contributed by atoms with van der Waals surface area (Å²) in [4.78, 5) is 9.01. The molecule has 0 saturated carbocycles. The van der Waals surface area contributed by atoms with Crippen LogP contribution in [0, 0.1) is 0 Å². The largest absolute Gasteiger partial charge is 0.472 e. The van der Waals surface area contributed by atoms with Gasteiger partial charge in [0.2, 0.25) is 0 Å². The Kier molecular flexibility index (Phi) is 6.41. The van der Waals surface area contributed by atoms with Crippen LogP contribution in [-0.2, 0) is 13.6 Å². The van der Waals surface area contributed by atoms with E-state index in [1.54, 1.807) is 13.8 Å². The number of halogens is 1. The third kappa shape index (κ3) is 6.14. The van der Waals surface area contributed by atoms with E-state index in [2.05, 4.69) is 20.5 Å². The number of rotatable bonds is 6. The number of hydrogen-bond acceptors (Lipinski definition) is 3. The minimum atomic E-state index is -3.80. The van der Waals surface area contributed by atoms with Crippen molar-refractivity contribution in [1.29, 1.82) is 0 Å². The average molecular weight is 261 g/mol. The second-order valence-electron chi connectivity index (χ2n) is 2.28. The van der Waals surface area contributed by atoms with Crippen LogP contribution in [0.1, 0.15) is 20.3 Å². The van der Waals surface area contributed by atoms with Crippen molar-refractivity contribution < 1.29 is 18.5 Å². The molecule has 0 heterocycles. The summed E-state index contributed by atoms with van der Waals surface area (Å²) in [5.74, 6) is 0. The van der Waals surface area contributed by atoms with E-state index in [1.807, 2.05) is 0 Å². The van der Waals surface area contributed by atoms with Crippen LogP contribution >= 0.6 is 23.8 Å². The van der Waals surface area contributed by atoms with Gasteiger partial charge in [0.05, 0.1) is 12.7 Å². The van der Waals surface area contributed by atoms with Crippen molar-refractivity contribution in [3.8, 4) is 0 Å². The molecule has 0 bridgehead atoms. The van der Waals surface area contributed by atoms with Gasteiger partial charge in [0.1, 0.15) is 0 Å². The zero-order valence-electron chi connectivity index (χ0n) is 7.20. The van der Waals surface area contributed by atoms with Gasteiger partial charge in [-0.1, -0.05) is 15.9 Å². The van der Waals surface area contributed by atoms with Crippen LogP contribution in [0.5, 0.6) is 0 Å². The van der Waals surface area contributed by atoms with Crippen molar-refractivity contribution in [3.05, 3.63) is 0 Å². The molecule has 0 aromatic rings. The summed E-state index contributed by atoms with van der Waals surface area (Å²) in [7, 11) is -3.80. The van der Waals surface area contributed by atoms with E-state index in [9.17, 15) is 4.57 Å². The number of hydrogen-bond donors (Lipinski definition) is 1. The van der Waals surface area contributed by atoms with E-state index < -0.39 is 7.82 Å². The molecule has 2 unspecified atom stereocenters. The first kappa shape index (κ1) is 12.6. The first-order valence-electron chi connectivity index (χ1n) is 3.73. The smallest absolute Gasteiger partial charge is 0.302 e. The Hall–Kier alpha value is 0.590. The van der Waals surface area contributed by atoms with Crippen molar-refractivity contribution in [3.63, 3.8) is 0 Å². The van der Waals surface area contributed by atoms with E-state index >= 15 is 0 Å². The van der Waals surface area contributed by atoms with Gasteiger partial charge in [0.15, 0.2) is 0 Å². The normalized spacial score (nSPS) is 18.7. The van der Waals surface area contributed by atoms with Crippen molar-refractivity contribution in [2.45, 2.75) is 26.4 Å². The van der Waals surface area contributed by atoms with Crippen molar-refractivity contribution in [2.24, 2.45) is 0 Å². The van der Waals surface area contributed by atoms with E-state index in [0.29, 0.717) is 6.42 Å². The molecule has 12 heavy (non-hydrogen) atoms. The monoisotopic (exact) mass is 260 g/mol. The highest BCUT2D eigenvalue weighted by molar-refractivity contribution is 9.09. The summed E-state index contributed by atoms with van der Waals surface area (Å²) >= 11 is 3.20. The van der Waals surface area contributed by atoms with Gasteiger partial charge in [-0.25, -0.2) is 4.57 Å². The van der Waals surface area contributed by atoms with E-state index in [4.69, 9.17) is 9.42 Å². The number of phosphoric ester groups is 1. The zero-order valence-corrected chi connectivity index (χ0v) is 9.68. The van der Waals surface area contributed by atoms with E-state index in [1.165, 1.54) is 0 Å². The fourth-order valence-electron chi connectivity index (χ4n) is 0.627. The third-order valence-corrected chi connectivity index (χ3v) is 2.79. The Morgan fingerprint density at radius 2 is 2.25 bits per heavy atom. The molecular formula is C6H14BrO4P. The summed E-state index contributed by atoms with van der Waals surface area (Å²) in [6.07, 6.45) is 0.407. The fourth-order valence-corrected chi connectivity index (χ4v) is 2.22. The van der Waals surface area contributed by atoms with Crippen LogP contribution < -0.4 is 0 Å². The molecule has 0 rings (SSSR count). The fraction of sp³-hybridized carbons (Fsp3) is 1.00. The molecule has 0 spiro atoms. The highest BCUT2D eigenvalue weighted by atomic mass is 79.9. The lowest BCUT2D eigenvalue weighted by Gasteiger charge is -2.15. The minimum absolute atomic E-state index is 0.175. The Morgan fingerprint density at radius 3 is 2.67 bits per heavy atom. The minimum Gasteiger partial charge on any atom is -0.302 e. The summed E-state index contributed by atoms with van der Waals surface area (Å²) in [5.41, 5.74) is 0. The molecule has 0 radical (unpaired) electrons. The van der Waals surface area contributed by atoms with Gasteiger partial charge in [0, 0.05) is 5.33 Å². The highest BCUT2D eigenvalue weighted by Gasteiger charge is 2.22. The van der Waals surface area contributed by atoms with Gasteiger partial charge in [0.25, 0.3) is 0 Å². The van der Waals surface area contributed by atoms with Crippen LogP contribution in [0.3, 0.4) is 0 Å². The molecule has 0 aliphatic rings. The van der Waals surface area contributed by atoms with Crippen molar-refractivity contribution in [2.75, 3.05) is 11.9 Å². The molecule has 4 nitrogen and oxygen atoms in total. The molecule has 0 aromatic heterocycles. The Labute approximate surface area is 81.0 Å².